The van der Waals surface area contributed by atoms with Gasteiger partial charge in [0.15, 0.2) is 0 Å². The van der Waals surface area contributed by atoms with Crippen molar-refractivity contribution in [2.24, 2.45) is 0 Å². The Morgan fingerprint density at radius 3 is 2.39 bits per heavy atom. The fourth-order valence-electron chi connectivity index (χ4n) is 3.07. The Kier molecular flexibility index (Phi) is 4.08. The summed E-state index contributed by atoms with van der Waals surface area (Å²) in [5.41, 5.74) is 4.65. The van der Waals surface area contributed by atoms with Crippen molar-refractivity contribution in [3.8, 4) is 0 Å². The molecule has 1 aliphatic heterocycles. The van der Waals surface area contributed by atoms with Crippen molar-refractivity contribution in [2.45, 2.75) is 38.6 Å². The summed E-state index contributed by atoms with van der Waals surface area (Å²) >= 11 is 0. The highest BCUT2D eigenvalue weighted by Gasteiger charge is 2.34. The number of hydrogen-bond acceptors (Lipinski definition) is 2. The maximum Gasteiger partial charge on any atom is 0.0268 e. The molecule has 0 atom stereocenters. The minimum Gasteiger partial charge on any atom is -0.317 e. The first kappa shape index (κ1) is 13.6. The van der Waals surface area contributed by atoms with Gasteiger partial charge < -0.3 is 10.2 Å². The molecule has 2 nitrogen and oxygen atoms in total. The molecule has 0 bridgehead atoms. The Hall–Kier alpha value is -0.860. The minimum absolute atomic E-state index is 0.339. The van der Waals surface area contributed by atoms with Crippen molar-refractivity contribution in [1.82, 2.24) is 10.2 Å². The zero-order valence-electron chi connectivity index (χ0n) is 12.2. The Morgan fingerprint density at radius 2 is 1.83 bits per heavy atom. The van der Waals surface area contributed by atoms with Gasteiger partial charge in [-0.05, 0) is 71.4 Å². The molecule has 1 saturated heterocycles. The topological polar surface area (TPSA) is 15.3 Å². The SMILES string of the molecule is Cc1ccc(CC2(N(C)C)CCNCC2)c(C)c1. The summed E-state index contributed by atoms with van der Waals surface area (Å²) in [4.78, 5) is 2.44. The van der Waals surface area contributed by atoms with Crippen LogP contribution in [0.5, 0.6) is 0 Å². The molecule has 1 heterocycles. The summed E-state index contributed by atoms with van der Waals surface area (Å²) < 4.78 is 0. The van der Waals surface area contributed by atoms with E-state index in [4.69, 9.17) is 0 Å². The number of likely N-dealkylation sites (N-methyl/N-ethyl adjacent to an activating group) is 1. The van der Waals surface area contributed by atoms with Gasteiger partial charge in [-0.1, -0.05) is 23.8 Å². The van der Waals surface area contributed by atoms with E-state index in [0.29, 0.717) is 5.54 Å². The molecule has 18 heavy (non-hydrogen) atoms. The van der Waals surface area contributed by atoms with Crippen molar-refractivity contribution >= 4 is 0 Å². The Labute approximate surface area is 111 Å². The highest BCUT2D eigenvalue weighted by molar-refractivity contribution is 5.32. The van der Waals surface area contributed by atoms with E-state index in [0.717, 1.165) is 13.1 Å². The summed E-state index contributed by atoms with van der Waals surface area (Å²) in [5.74, 6) is 0. The first-order chi connectivity index (χ1) is 8.53. The molecule has 0 saturated carbocycles. The van der Waals surface area contributed by atoms with Crippen LogP contribution in [0, 0.1) is 13.8 Å². The number of benzene rings is 1. The predicted octanol–water partition coefficient (Wildman–Crippen LogP) is 2.53. The molecule has 2 rings (SSSR count). The van der Waals surface area contributed by atoms with Gasteiger partial charge in [-0.3, -0.25) is 0 Å². The Balaban J connectivity index is 2.23. The van der Waals surface area contributed by atoms with E-state index in [1.807, 2.05) is 0 Å². The van der Waals surface area contributed by atoms with Gasteiger partial charge >= 0.3 is 0 Å². The smallest absolute Gasteiger partial charge is 0.0268 e. The van der Waals surface area contributed by atoms with Crippen LogP contribution >= 0.6 is 0 Å². The van der Waals surface area contributed by atoms with Crippen LogP contribution in [-0.4, -0.2) is 37.6 Å². The highest BCUT2D eigenvalue weighted by atomic mass is 15.2. The van der Waals surface area contributed by atoms with E-state index in [1.165, 1.54) is 36.0 Å². The van der Waals surface area contributed by atoms with Gasteiger partial charge in [0.05, 0.1) is 0 Å². The quantitative estimate of drug-likeness (QED) is 0.881. The van der Waals surface area contributed by atoms with Gasteiger partial charge in [0.2, 0.25) is 0 Å². The molecule has 1 fully saturated rings. The second-order valence-corrected chi connectivity index (χ2v) is 5.98. The van der Waals surface area contributed by atoms with Crippen LogP contribution in [0.25, 0.3) is 0 Å². The first-order valence-electron chi connectivity index (χ1n) is 6.98. The van der Waals surface area contributed by atoms with E-state index in [9.17, 15) is 0 Å². The fraction of sp³-hybridized carbons (Fsp3) is 0.625. The van der Waals surface area contributed by atoms with Gasteiger partial charge in [0.25, 0.3) is 0 Å². The monoisotopic (exact) mass is 246 g/mol. The van der Waals surface area contributed by atoms with E-state index in [1.54, 1.807) is 0 Å². The van der Waals surface area contributed by atoms with Crippen LogP contribution in [0.1, 0.15) is 29.5 Å². The largest absolute Gasteiger partial charge is 0.317 e. The lowest BCUT2D eigenvalue weighted by Gasteiger charge is -2.43. The van der Waals surface area contributed by atoms with E-state index in [2.05, 4.69) is 56.4 Å². The van der Waals surface area contributed by atoms with Gasteiger partial charge in [-0.25, -0.2) is 0 Å². The third-order valence-electron chi connectivity index (χ3n) is 4.50. The maximum atomic E-state index is 3.48. The zero-order chi connectivity index (χ0) is 13.2. The summed E-state index contributed by atoms with van der Waals surface area (Å²) in [6.45, 7) is 6.70. The van der Waals surface area contributed by atoms with Gasteiger partial charge in [-0.15, -0.1) is 0 Å². The highest BCUT2D eigenvalue weighted by Crippen LogP contribution is 2.29. The Bertz CT molecular complexity index is 404. The van der Waals surface area contributed by atoms with Crippen LogP contribution < -0.4 is 5.32 Å². The third-order valence-corrected chi connectivity index (χ3v) is 4.50. The predicted molar refractivity (Wildman–Crippen MR) is 78.1 cm³/mol. The second kappa shape index (κ2) is 5.41. The molecule has 1 N–H and O–H groups in total. The molecular weight excluding hydrogens is 220 g/mol. The number of hydrogen-bond donors (Lipinski definition) is 1. The van der Waals surface area contributed by atoms with Gasteiger partial charge in [0.1, 0.15) is 0 Å². The average molecular weight is 246 g/mol. The summed E-state index contributed by atoms with van der Waals surface area (Å²) in [7, 11) is 4.46. The normalized spacial score (nSPS) is 19.2. The van der Waals surface area contributed by atoms with Crippen molar-refractivity contribution < 1.29 is 0 Å². The molecule has 1 aliphatic rings. The molecule has 0 spiro atoms. The standard InChI is InChI=1S/C16H26N2/c1-13-5-6-15(14(2)11-13)12-16(18(3)4)7-9-17-10-8-16/h5-6,11,17H,7-10,12H2,1-4H3. The second-order valence-electron chi connectivity index (χ2n) is 5.98. The molecule has 2 heteroatoms. The molecule has 0 aromatic heterocycles. The van der Waals surface area contributed by atoms with Crippen molar-refractivity contribution in [3.05, 3.63) is 34.9 Å². The fourth-order valence-corrected chi connectivity index (χ4v) is 3.07. The molecule has 1 aromatic carbocycles. The molecule has 0 unspecified atom stereocenters. The molecule has 1 aromatic rings. The molecule has 0 amide bonds. The molecule has 0 aliphatic carbocycles. The van der Waals surface area contributed by atoms with Gasteiger partial charge in [0, 0.05) is 5.54 Å². The van der Waals surface area contributed by atoms with Crippen LogP contribution in [0.2, 0.25) is 0 Å². The van der Waals surface area contributed by atoms with E-state index in [-0.39, 0.29) is 0 Å². The maximum absolute atomic E-state index is 3.48. The molecular formula is C16H26N2. The third kappa shape index (κ3) is 2.76. The van der Waals surface area contributed by atoms with Crippen LogP contribution in [0.3, 0.4) is 0 Å². The van der Waals surface area contributed by atoms with Crippen molar-refractivity contribution in [2.75, 3.05) is 27.2 Å². The van der Waals surface area contributed by atoms with Crippen LogP contribution in [-0.2, 0) is 6.42 Å². The average Bonchev–Trinajstić information content (AvgIpc) is 2.34. The van der Waals surface area contributed by atoms with Gasteiger partial charge in [-0.2, -0.15) is 0 Å². The zero-order valence-corrected chi connectivity index (χ0v) is 12.2. The summed E-state index contributed by atoms with van der Waals surface area (Å²) in [5, 5.41) is 3.48. The number of piperidine rings is 1. The van der Waals surface area contributed by atoms with E-state index >= 15 is 0 Å². The molecule has 100 valence electrons. The lowest BCUT2D eigenvalue weighted by atomic mass is 9.80. The number of nitrogens with one attached hydrogen (secondary N) is 1. The van der Waals surface area contributed by atoms with Crippen LogP contribution in [0.4, 0.5) is 0 Å². The Morgan fingerprint density at radius 1 is 1.17 bits per heavy atom. The molecule has 0 radical (unpaired) electrons. The summed E-state index contributed by atoms with van der Waals surface area (Å²) in [6, 6.07) is 6.87. The lowest BCUT2D eigenvalue weighted by molar-refractivity contribution is 0.108. The van der Waals surface area contributed by atoms with Crippen molar-refractivity contribution in [1.29, 1.82) is 0 Å². The number of aryl methyl sites for hydroxylation is 2. The number of nitrogens with zero attached hydrogens (tertiary/aromatic N) is 1. The van der Waals surface area contributed by atoms with E-state index < -0.39 is 0 Å². The number of rotatable bonds is 3. The van der Waals surface area contributed by atoms with Crippen LogP contribution in [0.15, 0.2) is 18.2 Å². The minimum atomic E-state index is 0.339. The van der Waals surface area contributed by atoms with Crippen molar-refractivity contribution in [3.63, 3.8) is 0 Å². The first-order valence-corrected chi connectivity index (χ1v) is 6.98. The lowest BCUT2D eigenvalue weighted by Crippen LogP contribution is -2.53. The summed E-state index contributed by atoms with van der Waals surface area (Å²) in [6.07, 6.45) is 3.66.